The zero-order chi connectivity index (χ0) is 43.3. The molecule has 0 saturated heterocycles. The fraction of sp³-hybridized carbons (Fsp3) is 0.217. The Morgan fingerprint density at radius 1 is 0.279 bits per heavy atom. The smallest absolute Gasteiger partial charge is 0.206 e. The summed E-state index contributed by atoms with van der Waals surface area (Å²) in [7, 11) is -11.2. The van der Waals surface area contributed by atoms with Gasteiger partial charge in [0.15, 0.2) is 0 Å². The van der Waals surface area contributed by atoms with Crippen molar-refractivity contribution in [2.24, 2.45) is 0 Å². The molecule has 0 unspecified atom stereocenters. The van der Waals surface area contributed by atoms with E-state index in [0.29, 0.717) is 49.4 Å². The van der Waals surface area contributed by atoms with Crippen molar-refractivity contribution >= 4 is 29.5 Å². The average molecular weight is 887 g/mol. The Morgan fingerprint density at radius 2 is 0.459 bits per heavy atom. The van der Waals surface area contributed by atoms with Gasteiger partial charge in [-0.1, -0.05) is 0 Å². The molecule has 0 fully saturated rings. The van der Waals surface area contributed by atoms with Crippen LogP contribution in [-0.2, 0) is 29.5 Å². The Kier molecular flexibility index (Phi) is 15.0. The van der Waals surface area contributed by atoms with Gasteiger partial charge >= 0.3 is 0 Å². The summed E-state index contributed by atoms with van der Waals surface area (Å²) >= 11 is 0. The predicted molar refractivity (Wildman–Crippen MR) is 228 cm³/mol. The molecule has 0 amide bonds. The lowest BCUT2D eigenvalue weighted by molar-refractivity contribution is 0.279. The molecule has 0 aliphatic heterocycles. The minimum absolute atomic E-state index is 0.00954. The topological polar surface area (TPSA) is 180 Å². The van der Waals surface area contributed by atoms with Crippen LogP contribution in [0.4, 0.5) is 0 Å². The van der Waals surface area contributed by atoms with Crippen LogP contribution in [0.3, 0.4) is 0 Å². The maximum Gasteiger partial charge on any atom is 0.206 e. The summed E-state index contributed by atoms with van der Waals surface area (Å²) in [5.74, 6) is 2.21. The van der Waals surface area contributed by atoms with Crippen molar-refractivity contribution in [3.05, 3.63) is 146 Å². The molecule has 0 spiro atoms. The highest BCUT2D eigenvalue weighted by molar-refractivity contribution is 7.92. The van der Waals surface area contributed by atoms with E-state index >= 15 is 0 Å². The van der Waals surface area contributed by atoms with Crippen LogP contribution in [0.2, 0.25) is 0 Å². The third kappa shape index (κ3) is 12.1. The van der Waals surface area contributed by atoms with Gasteiger partial charge in [0.2, 0.25) is 29.5 Å². The van der Waals surface area contributed by atoms with Crippen molar-refractivity contribution < 1.29 is 54.4 Å². The highest BCUT2D eigenvalue weighted by Crippen LogP contribution is 2.28. The van der Waals surface area contributed by atoms with Gasteiger partial charge in [-0.15, -0.1) is 0 Å². The molecule has 0 bridgehead atoms. The molecule has 0 radical (unpaired) electrons. The lowest BCUT2D eigenvalue weighted by Gasteiger charge is -2.10. The zero-order valence-electron chi connectivity index (χ0n) is 33.1. The summed E-state index contributed by atoms with van der Waals surface area (Å²) in [6.07, 6.45) is 4.69. The van der Waals surface area contributed by atoms with Gasteiger partial charge in [-0.2, -0.15) is 0 Å². The van der Waals surface area contributed by atoms with Crippen molar-refractivity contribution in [1.29, 1.82) is 0 Å². The van der Waals surface area contributed by atoms with Gasteiger partial charge in [0.05, 0.1) is 55.8 Å². The van der Waals surface area contributed by atoms with E-state index < -0.39 is 29.5 Å². The van der Waals surface area contributed by atoms with Crippen molar-refractivity contribution in [3.8, 4) is 34.5 Å². The lowest BCUT2D eigenvalue weighted by Crippen LogP contribution is -2.04. The van der Waals surface area contributed by atoms with Gasteiger partial charge in [-0.3, -0.25) is 0 Å². The molecule has 2 N–H and O–H groups in total. The molecule has 15 heteroatoms. The summed E-state index contributed by atoms with van der Waals surface area (Å²) < 4.78 is 101. The number of unbranched alkanes of at least 4 members (excludes halogenated alkanes) is 4. The fourth-order valence-corrected chi connectivity index (χ4v) is 9.82. The van der Waals surface area contributed by atoms with E-state index in [0.717, 1.165) is 38.5 Å². The summed E-state index contributed by atoms with van der Waals surface area (Å²) in [4.78, 5) is 0.745. The van der Waals surface area contributed by atoms with Crippen LogP contribution in [0.1, 0.15) is 38.5 Å². The van der Waals surface area contributed by atoms with E-state index in [1.54, 1.807) is 48.5 Å². The van der Waals surface area contributed by atoms with Gasteiger partial charge in [0.1, 0.15) is 34.5 Å². The Hall–Kier alpha value is -6.03. The van der Waals surface area contributed by atoms with Crippen LogP contribution in [0, 0.1) is 0 Å². The minimum Gasteiger partial charge on any atom is -0.508 e. The Bertz CT molecular complexity index is 2470. The molecule has 6 aromatic rings. The fourth-order valence-electron chi connectivity index (χ4n) is 6.04. The molecular weight excluding hydrogens is 841 g/mol. The van der Waals surface area contributed by atoms with Crippen molar-refractivity contribution in [3.63, 3.8) is 0 Å². The van der Waals surface area contributed by atoms with E-state index in [9.17, 15) is 35.5 Å². The number of phenolic OH excluding ortho intramolecular Hbond substituents is 2. The molecule has 0 saturated carbocycles. The van der Waals surface area contributed by atoms with Crippen LogP contribution < -0.4 is 18.9 Å². The van der Waals surface area contributed by atoms with Gasteiger partial charge in [0.25, 0.3) is 0 Å². The van der Waals surface area contributed by atoms with E-state index in [1.807, 2.05) is 0 Å². The minimum atomic E-state index is -3.75. The van der Waals surface area contributed by atoms with Gasteiger partial charge in [0, 0.05) is 0 Å². The van der Waals surface area contributed by atoms with Gasteiger partial charge in [-0.05, 0) is 184 Å². The number of sulfone groups is 3. The quantitative estimate of drug-likeness (QED) is 0.0620. The molecular formula is C46H46O12S3. The Morgan fingerprint density at radius 3 is 0.656 bits per heavy atom. The average Bonchev–Trinajstić information content (AvgIpc) is 3.26. The number of rotatable bonds is 22. The second-order valence-corrected chi connectivity index (χ2v) is 19.7. The number of hydrogen-bond acceptors (Lipinski definition) is 12. The SMILES string of the molecule is O=S(=O)(c1ccc(O)cc1)c1ccc(OCCCCCOc2ccc(S(=O)(=O)c3ccc(OCCCCCOc4ccc(S(=O)(=O)c5ccc(O)cc5)cc4)cc3)cc2)cc1. The highest BCUT2D eigenvalue weighted by atomic mass is 32.2. The predicted octanol–water partition coefficient (Wildman–Crippen LogP) is 8.85. The number of hydrogen-bond donors (Lipinski definition) is 2. The third-order valence-corrected chi connectivity index (χ3v) is 14.8. The number of phenols is 2. The summed E-state index contributed by atoms with van der Waals surface area (Å²) in [5.41, 5.74) is 0. The summed E-state index contributed by atoms with van der Waals surface area (Å²) in [6.45, 7) is 1.78. The molecule has 0 atom stereocenters. The molecule has 0 aromatic heterocycles. The summed E-state index contributed by atoms with van der Waals surface area (Å²) in [5, 5.41) is 18.9. The molecule has 61 heavy (non-hydrogen) atoms. The Labute approximate surface area is 356 Å². The van der Waals surface area contributed by atoms with Crippen LogP contribution in [0.25, 0.3) is 0 Å². The molecule has 320 valence electrons. The number of benzene rings is 6. The van der Waals surface area contributed by atoms with Crippen molar-refractivity contribution in [2.75, 3.05) is 26.4 Å². The standard InChI is InChI=1S/C46H46O12S3/c47-35-7-19-41(20-8-35)59(49,50)43-23-11-37(12-24-43)55-31-3-1-5-33-57-39-15-27-45(28-16-39)61(53,54)46-29-17-40(18-30-46)58-34-6-2-4-32-56-38-13-25-44(26-14-38)60(51,52)42-21-9-36(48)10-22-42/h7-30,47-48H,1-6,31-34H2. The molecule has 6 aromatic carbocycles. The largest absolute Gasteiger partial charge is 0.508 e. The van der Waals surface area contributed by atoms with E-state index in [1.165, 1.54) is 97.1 Å². The maximum atomic E-state index is 13.3. The van der Waals surface area contributed by atoms with Crippen molar-refractivity contribution in [1.82, 2.24) is 0 Å². The van der Waals surface area contributed by atoms with E-state index in [-0.39, 0.29) is 40.9 Å². The first-order chi connectivity index (χ1) is 29.3. The molecule has 6 rings (SSSR count). The maximum absolute atomic E-state index is 13.3. The van der Waals surface area contributed by atoms with Gasteiger partial charge in [-0.25, -0.2) is 25.3 Å². The van der Waals surface area contributed by atoms with Crippen LogP contribution in [-0.4, -0.2) is 61.9 Å². The third-order valence-electron chi connectivity index (χ3n) is 9.48. The highest BCUT2D eigenvalue weighted by Gasteiger charge is 2.20. The summed E-state index contributed by atoms with van der Waals surface area (Å²) in [6, 6.07) is 35.8. The Balaban J connectivity index is 0.834. The van der Waals surface area contributed by atoms with Gasteiger partial charge < -0.3 is 29.2 Å². The van der Waals surface area contributed by atoms with Crippen molar-refractivity contribution in [2.45, 2.75) is 67.9 Å². The first-order valence-electron chi connectivity index (χ1n) is 19.6. The zero-order valence-corrected chi connectivity index (χ0v) is 35.6. The van der Waals surface area contributed by atoms with Crippen LogP contribution in [0.15, 0.2) is 175 Å². The lowest BCUT2D eigenvalue weighted by atomic mass is 10.2. The normalized spacial score (nSPS) is 11.8. The second kappa shape index (κ2) is 20.5. The molecule has 12 nitrogen and oxygen atoms in total. The van der Waals surface area contributed by atoms with Crippen LogP contribution >= 0.6 is 0 Å². The first-order valence-corrected chi connectivity index (χ1v) is 24.0. The van der Waals surface area contributed by atoms with E-state index in [2.05, 4.69) is 0 Å². The number of aromatic hydroxyl groups is 2. The molecule has 0 aliphatic carbocycles. The second-order valence-electron chi connectivity index (χ2n) is 13.9. The molecule has 0 heterocycles. The molecule has 0 aliphatic rings. The first kappa shape index (κ1) is 44.5. The van der Waals surface area contributed by atoms with E-state index in [4.69, 9.17) is 18.9 Å². The monoisotopic (exact) mass is 886 g/mol. The number of ether oxygens (including phenoxy) is 4. The van der Waals surface area contributed by atoms with Crippen LogP contribution in [0.5, 0.6) is 34.5 Å².